The predicted octanol–water partition coefficient (Wildman–Crippen LogP) is 5.77. The number of benzene rings is 3. The number of aromatic nitrogens is 1. The highest BCUT2D eigenvalue weighted by Gasteiger charge is 2.28. The third-order valence-corrected chi connectivity index (χ3v) is 9.62. The zero-order valence-corrected chi connectivity index (χ0v) is 28.4. The molecule has 1 aromatic heterocycles. The van der Waals surface area contributed by atoms with E-state index in [1.165, 1.54) is 0 Å². The molecule has 5 rings (SSSR count). The van der Waals surface area contributed by atoms with Gasteiger partial charge in [0.25, 0.3) is 15.6 Å². The fourth-order valence-electron chi connectivity index (χ4n) is 5.21. The van der Waals surface area contributed by atoms with Gasteiger partial charge < -0.3 is 18.6 Å². The van der Waals surface area contributed by atoms with Crippen LogP contribution in [0.4, 0.5) is 5.69 Å². The maximum Gasteiger partial charge on any atom is 0.374 e. The summed E-state index contributed by atoms with van der Waals surface area (Å²) in [6.07, 6.45) is 4.64. The predicted molar refractivity (Wildman–Crippen MR) is 180 cm³/mol. The maximum atomic E-state index is 12.4. The van der Waals surface area contributed by atoms with Crippen LogP contribution in [0.5, 0.6) is 5.75 Å². The summed E-state index contributed by atoms with van der Waals surface area (Å²) in [5.41, 5.74) is 7.32. The van der Waals surface area contributed by atoms with Gasteiger partial charge in [-0.2, -0.15) is 22.7 Å². The lowest BCUT2D eigenvalue weighted by atomic mass is 10.1. The molecule has 0 unspecified atom stereocenters. The van der Waals surface area contributed by atoms with Crippen molar-refractivity contribution in [2.24, 2.45) is 0 Å². The second-order valence-corrected chi connectivity index (χ2v) is 14.5. The zero-order chi connectivity index (χ0) is 33.6. The SMILES string of the molecule is CCNOS(=O)(=O)CCC[n+]1c(/C=C(/C=C2\Oc3ccc(Cl)cc3N2CCCS(=O)(=O)[O-])CC)oc2ccc(-c3ccccc3)cc21. The number of nitrogens with one attached hydrogen (secondary N) is 1. The van der Waals surface area contributed by atoms with Crippen LogP contribution in [0.2, 0.25) is 5.02 Å². The Labute approximate surface area is 279 Å². The number of aryl methyl sites for hydroxylation is 1. The zero-order valence-electron chi connectivity index (χ0n) is 26.0. The highest BCUT2D eigenvalue weighted by atomic mass is 35.5. The number of rotatable bonds is 15. The largest absolute Gasteiger partial charge is 0.748 e. The van der Waals surface area contributed by atoms with E-state index in [-0.39, 0.29) is 25.1 Å². The van der Waals surface area contributed by atoms with E-state index in [0.717, 1.165) is 22.2 Å². The lowest BCUT2D eigenvalue weighted by molar-refractivity contribution is -0.677. The van der Waals surface area contributed by atoms with Gasteiger partial charge in [0.1, 0.15) is 0 Å². The molecule has 14 heteroatoms. The summed E-state index contributed by atoms with van der Waals surface area (Å²) < 4.78 is 77.9. The molecule has 0 spiro atoms. The van der Waals surface area contributed by atoms with Crippen LogP contribution in [0.1, 0.15) is 39.0 Å². The van der Waals surface area contributed by atoms with Gasteiger partial charge in [0.05, 0.1) is 27.6 Å². The quantitative estimate of drug-likeness (QED) is 0.0922. The number of ether oxygens (including phenoxy) is 1. The lowest BCUT2D eigenvalue weighted by Gasteiger charge is -2.19. The van der Waals surface area contributed by atoms with Crippen molar-refractivity contribution in [1.82, 2.24) is 5.48 Å². The summed E-state index contributed by atoms with van der Waals surface area (Å²) in [5, 5.41) is 0.484. The van der Waals surface area contributed by atoms with Crippen LogP contribution in [0, 0.1) is 0 Å². The van der Waals surface area contributed by atoms with Crippen molar-refractivity contribution in [3.05, 3.63) is 95.2 Å². The van der Waals surface area contributed by atoms with E-state index in [2.05, 4.69) is 5.48 Å². The molecule has 2 heterocycles. The topological polar surface area (TPSA) is 142 Å². The minimum atomic E-state index is -4.39. The average molecular weight is 702 g/mol. The fraction of sp³-hybridized carbons (Fsp3) is 0.303. The molecule has 0 bridgehead atoms. The first kappa shape index (κ1) is 34.6. The third-order valence-electron chi connectivity index (χ3n) is 7.44. The van der Waals surface area contributed by atoms with Crippen molar-refractivity contribution in [1.29, 1.82) is 0 Å². The number of hydroxylamine groups is 1. The third kappa shape index (κ3) is 9.01. The van der Waals surface area contributed by atoms with Gasteiger partial charge in [-0.3, -0.25) is 0 Å². The molecule has 11 nitrogen and oxygen atoms in total. The number of nitrogens with zero attached hydrogens (tertiary/aromatic N) is 2. The molecule has 0 amide bonds. The molecule has 250 valence electrons. The molecule has 4 aromatic rings. The van der Waals surface area contributed by atoms with E-state index in [0.29, 0.717) is 53.3 Å². The number of fused-ring (bicyclic) bond motifs is 2. The molecule has 0 atom stereocenters. The highest BCUT2D eigenvalue weighted by Crippen LogP contribution is 2.41. The van der Waals surface area contributed by atoms with E-state index in [1.54, 1.807) is 30.0 Å². The smallest absolute Gasteiger partial charge is 0.374 e. The molecule has 0 aliphatic carbocycles. The lowest BCUT2D eigenvalue weighted by Crippen LogP contribution is -2.36. The molecule has 0 saturated carbocycles. The maximum absolute atomic E-state index is 12.4. The molecular formula is C33H36ClN3O8S2. The summed E-state index contributed by atoms with van der Waals surface area (Å²) in [7, 11) is -8.16. The average Bonchev–Trinajstić information content (AvgIpc) is 3.55. The van der Waals surface area contributed by atoms with Crippen molar-refractivity contribution >= 4 is 54.7 Å². The first-order chi connectivity index (χ1) is 22.5. The Hall–Kier alpha value is -3.72. The number of allylic oxidation sites excluding steroid dienone is 2. The molecule has 3 aromatic carbocycles. The van der Waals surface area contributed by atoms with Crippen LogP contribution in [0.15, 0.2) is 88.7 Å². The van der Waals surface area contributed by atoms with Crippen molar-refractivity contribution in [2.45, 2.75) is 39.7 Å². The Morgan fingerprint density at radius 1 is 1.00 bits per heavy atom. The second kappa shape index (κ2) is 15.0. The minimum Gasteiger partial charge on any atom is -0.748 e. The van der Waals surface area contributed by atoms with Crippen LogP contribution in [-0.2, 0) is 31.1 Å². The molecule has 1 aliphatic rings. The van der Waals surface area contributed by atoms with Crippen LogP contribution in [0.3, 0.4) is 0 Å². The number of anilines is 1. The summed E-state index contributed by atoms with van der Waals surface area (Å²) >= 11 is 6.26. The Balaban J connectivity index is 1.52. The molecule has 1 aliphatic heterocycles. The van der Waals surface area contributed by atoms with Gasteiger partial charge in [0, 0.05) is 42.4 Å². The van der Waals surface area contributed by atoms with Gasteiger partial charge in [-0.15, -0.1) is 0 Å². The molecule has 0 saturated heterocycles. The first-order valence-corrected chi connectivity index (χ1v) is 18.8. The molecule has 0 radical (unpaired) electrons. The van der Waals surface area contributed by atoms with E-state index in [1.807, 2.05) is 72.2 Å². The van der Waals surface area contributed by atoms with E-state index in [4.69, 9.17) is 25.0 Å². The number of hydrogen-bond donors (Lipinski definition) is 1. The minimum absolute atomic E-state index is 0.0946. The van der Waals surface area contributed by atoms with Crippen molar-refractivity contribution < 1.29 is 39.4 Å². The van der Waals surface area contributed by atoms with Gasteiger partial charge in [-0.25, -0.2) is 8.42 Å². The monoisotopic (exact) mass is 701 g/mol. The van der Waals surface area contributed by atoms with Gasteiger partial charge in [0.15, 0.2) is 12.3 Å². The Morgan fingerprint density at radius 2 is 1.79 bits per heavy atom. The van der Waals surface area contributed by atoms with Crippen LogP contribution in [0.25, 0.3) is 28.3 Å². The molecule has 1 N–H and O–H groups in total. The first-order valence-electron chi connectivity index (χ1n) is 15.2. The van der Waals surface area contributed by atoms with Crippen molar-refractivity contribution in [3.8, 4) is 16.9 Å². The van der Waals surface area contributed by atoms with Crippen LogP contribution >= 0.6 is 11.6 Å². The van der Waals surface area contributed by atoms with Crippen molar-refractivity contribution in [2.75, 3.05) is 29.5 Å². The van der Waals surface area contributed by atoms with Gasteiger partial charge in [-0.05, 0) is 53.8 Å². The Kier molecular flexibility index (Phi) is 11.1. The van der Waals surface area contributed by atoms with Crippen molar-refractivity contribution in [3.63, 3.8) is 0 Å². The van der Waals surface area contributed by atoms with Gasteiger partial charge >= 0.3 is 5.89 Å². The molecular weight excluding hydrogens is 666 g/mol. The fourth-order valence-corrected chi connectivity index (χ4v) is 6.73. The van der Waals surface area contributed by atoms with Crippen LogP contribution < -0.4 is 19.7 Å². The number of hydrogen-bond acceptors (Lipinski definition) is 10. The molecule has 47 heavy (non-hydrogen) atoms. The summed E-state index contributed by atoms with van der Waals surface area (Å²) in [6.45, 7) is 4.61. The highest BCUT2D eigenvalue weighted by molar-refractivity contribution is 7.86. The molecule has 0 fully saturated rings. The van der Waals surface area contributed by atoms with E-state index >= 15 is 0 Å². The normalized spacial score (nSPS) is 14.6. The van der Waals surface area contributed by atoms with Gasteiger partial charge in [-0.1, -0.05) is 61.8 Å². The van der Waals surface area contributed by atoms with E-state index < -0.39 is 26.0 Å². The van der Waals surface area contributed by atoms with E-state index in [9.17, 15) is 21.4 Å². The number of halogens is 1. The Morgan fingerprint density at radius 3 is 2.51 bits per heavy atom. The summed E-state index contributed by atoms with van der Waals surface area (Å²) in [6, 6.07) is 21.0. The number of oxazole rings is 1. The standard InChI is InChI=1S/C33H36ClN3O8S2/c1-3-24(21-33-37(16-8-18-46(38,39)40)29-23-27(34)13-15-31(29)44-33)20-32-36(17-9-19-47(41,42)45-35-4-2)28-22-26(12-14-30(28)43-32)25-10-6-5-7-11-25/h5-7,10-15,20-23,35H,3-4,8-9,16-19H2,1-2H3. The van der Waals surface area contributed by atoms with Crippen LogP contribution in [-0.4, -0.2) is 46.0 Å². The Bertz CT molecular complexity index is 2010. The second-order valence-electron chi connectivity index (χ2n) is 10.9. The summed E-state index contributed by atoms with van der Waals surface area (Å²) in [4.78, 5) is 1.80. The van der Waals surface area contributed by atoms with Gasteiger partial charge in [0.2, 0.25) is 11.5 Å². The summed E-state index contributed by atoms with van der Waals surface area (Å²) in [5.74, 6) is 0.789.